The first-order valence-electron chi connectivity index (χ1n) is 5.11. The van der Waals surface area contributed by atoms with E-state index >= 15 is 0 Å². The van der Waals surface area contributed by atoms with Crippen LogP contribution in [0.25, 0.3) is 0 Å². The summed E-state index contributed by atoms with van der Waals surface area (Å²) < 4.78 is 0. The van der Waals surface area contributed by atoms with Crippen molar-refractivity contribution in [3.05, 3.63) is 52.1 Å². The molecule has 90 valence electrons. The standard InChI is InChI=1S/C12H13NO4/c1-3-11(14)8(2)12(15)9-4-6-10(7-5-9)13(16)17/h4-7,12,15H,2-3H2,1H3/t12-/m1/s1. The van der Waals surface area contributed by atoms with Crippen molar-refractivity contribution in [3.8, 4) is 0 Å². The van der Waals surface area contributed by atoms with Gasteiger partial charge in [-0.3, -0.25) is 14.9 Å². The summed E-state index contributed by atoms with van der Waals surface area (Å²) in [5, 5.41) is 20.3. The number of nitrogens with zero attached hydrogens (tertiary/aromatic N) is 1. The Labute approximate surface area is 98.5 Å². The van der Waals surface area contributed by atoms with Gasteiger partial charge in [-0.25, -0.2) is 0 Å². The van der Waals surface area contributed by atoms with E-state index in [9.17, 15) is 20.0 Å². The fourth-order valence-electron chi connectivity index (χ4n) is 1.36. The van der Waals surface area contributed by atoms with E-state index < -0.39 is 11.0 Å². The summed E-state index contributed by atoms with van der Waals surface area (Å²) in [6.07, 6.45) is -0.841. The Morgan fingerprint density at radius 1 is 1.47 bits per heavy atom. The highest BCUT2D eigenvalue weighted by Gasteiger charge is 2.17. The van der Waals surface area contributed by atoms with Gasteiger partial charge in [0.2, 0.25) is 0 Å². The van der Waals surface area contributed by atoms with Crippen LogP contribution in [0.15, 0.2) is 36.4 Å². The Bertz CT molecular complexity index is 450. The molecule has 0 saturated carbocycles. The number of rotatable bonds is 5. The second-order valence-corrected chi connectivity index (χ2v) is 3.55. The smallest absolute Gasteiger partial charge is 0.269 e. The zero-order valence-corrected chi connectivity index (χ0v) is 9.42. The van der Waals surface area contributed by atoms with Crippen LogP contribution in [0.1, 0.15) is 25.0 Å². The van der Waals surface area contributed by atoms with Crippen molar-refractivity contribution in [1.82, 2.24) is 0 Å². The van der Waals surface area contributed by atoms with Crippen molar-refractivity contribution in [1.29, 1.82) is 0 Å². The molecule has 1 aromatic rings. The molecular formula is C12H13NO4. The lowest BCUT2D eigenvalue weighted by Gasteiger charge is -2.12. The maximum atomic E-state index is 11.3. The van der Waals surface area contributed by atoms with Crippen molar-refractivity contribution in [3.63, 3.8) is 0 Å². The van der Waals surface area contributed by atoms with Crippen LogP contribution in [0, 0.1) is 10.1 Å². The van der Waals surface area contributed by atoms with Crippen LogP contribution in [0.2, 0.25) is 0 Å². The lowest BCUT2D eigenvalue weighted by molar-refractivity contribution is -0.384. The second-order valence-electron chi connectivity index (χ2n) is 3.55. The Morgan fingerprint density at radius 2 is 2.00 bits per heavy atom. The number of hydrogen-bond acceptors (Lipinski definition) is 4. The van der Waals surface area contributed by atoms with E-state index in [2.05, 4.69) is 6.58 Å². The van der Waals surface area contributed by atoms with Crippen LogP contribution in [0.3, 0.4) is 0 Å². The molecule has 1 atom stereocenters. The molecule has 5 heteroatoms. The number of benzene rings is 1. The van der Waals surface area contributed by atoms with Gasteiger partial charge < -0.3 is 5.11 Å². The summed E-state index contributed by atoms with van der Waals surface area (Å²) in [5.41, 5.74) is 0.456. The lowest BCUT2D eigenvalue weighted by Crippen LogP contribution is -2.09. The predicted octanol–water partition coefficient (Wildman–Crippen LogP) is 2.16. The average molecular weight is 235 g/mol. The first kappa shape index (κ1) is 13.1. The molecule has 0 amide bonds. The van der Waals surface area contributed by atoms with Gasteiger partial charge in [0.1, 0.15) is 6.10 Å². The van der Waals surface area contributed by atoms with Crippen molar-refractivity contribution in [2.75, 3.05) is 0 Å². The molecule has 1 aromatic carbocycles. The van der Waals surface area contributed by atoms with E-state index in [0.717, 1.165) is 0 Å². The summed E-state index contributed by atoms with van der Waals surface area (Å²) in [4.78, 5) is 21.3. The normalized spacial score (nSPS) is 11.9. The van der Waals surface area contributed by atoms with Gasteiger partial charge in [-0.1, -0.05) is 13.5 Å². The largest absolute Gasteiger partial charge is 0.384 e. The molecular weight excluding hydrogens is 222 g/mol. The molecule has 0 heterocycles. The number of non-ortho nitro benzene ring substituents is 1. The number of Topliss-reactive ketones (excluding diaryl/α,β-unsaturated/α-hetero) is 1. The first-order valence-corrected chi connectivity index (χ1v) is 5.11. The minimum atomic E-state index is -1.11. The number of carbonyl (C=O) groups is 1. The summed E-state index contributed by atoms with van der Waals surface area (Å²) in [6.45, 7) is 5.20. The number of aliphatic hydroxyl groups is 1. The van der Waals surface area contributed by atoms with E-state index in [4.69, 9.17) is 0 Å². The van der Waals surface area contributed by atoms with Gasteiger partial charge in [-0.15, -0.1) is 0 Å². The first-order chi connectivity index (χ1) is 7.97. The topological polar surface area (TPSA) is 80.4 Å². The lowest BCUT2D eigenvalue weighted by atomic mass is 9.98. The Morgan fingerprint density at radius 3 is 2.41 bits per heavy atom. The van der Waals surface area contributed by atoms with Crippen LogP contribution in [-0.2, 0) is 4.79 Å². The zero-order chi connectivity index (χ0) is 13.0. The monoisotopic (exact) mass is 235 g/mol. The van der Waals surface area contributed by atoms with Crippen molar-refractivity contribution in [2.24, 2.45) is 0 Å². The Hall–Kier alpha value is -2.01. The summed E-state index contributed by atoms with van der Waals surface area (Å²) in [7, 11) is 0. The zero-order valence-electron chi connectivity index (χ0n) is 9.42. The molecule has 0 aliphatic carbocycles. The number of hydrogen-bond donors (Lipinski definition) is 1. The summed E-state index contributed by atoms with van der Waals surface area (Å²) in [5.74, 6) is -0.226. The van der Waals surface area contributed by atoms with Crippen molar-refractivity contribution in [2.45, 2.75) is 19.4 Å². The molecule has 0 saturated heterocycles. The molecule has 0 spiro atoms. The SMILES string of the molecule is C=C(C(=O)CC)[C@@H](O)c1ccc([N+](=O)[O-])cc1. The van der Waals surface area contributed by atoms with Gasteiger partial charge >= 0.3 is 0 Å². The maximum Gasteiger partial charge on any atom is 0.269 e. The van der Waals surface area contributed by atoms with E-state index in [0.29, 0.717) is 5.56 Å². The molecule has 0 radical (unpaired) electrons. The third-order valence-electron chi connectivity index (χ3n) is 2.43. The molecule has 0 aromatic heterocycles. The highest BCUT2D eigenvalue weighted by atomic mass is 16.6. The average Bonchev–Trinajstić information content (AvgIpc) is 2.36. The molecule has 0 fully saturated rings. The van der Waals surface area contributed by atoms with E-state index in [1.54, 1.807) is 6.92 Å². The van der Waals surface area contributed by atoms with Crippen LogP contribution >= 0.6 is 0 Å². The number of ketones is 1. The van der Waals surface area contributed by atoms with Gasteiger partial charge in [0.15, 0.2) is 5.78 Å². The predicted molar refractivity (Wildman–Crippen MR) is 62.5 cm³/mol. The quantitative estimate of drug-likeness (QED) is 0.481. The van der Waals surface area contributed by atoms with E-state index in [1.165, 1.54) is 24.3 Å². The Kier molecular flexibility index (Phi) is 4.12. The highest BCUT2D eigenvalue weighted by Crippen LogP contribution is 2.23. The number of aliphatic hydroxyl groups excluding tert-OH is 1. The van der Waals surface area contributed by atoms with Crippen LogP contribution in [0.5, 0.6) is 0 Å². The molecule has 0 bridgehead atoms. The van der Waals surface area contributed by atoms with Gasteiger partial charge in [-0.05, 0) is 17.7 Å². The molecule has 1 N–H and O–H groups in total. The van der Waals surface area contributed by atoms with Gasteiger partial charge in [0.25, 0.3) is 5.69 Å². The fourth-order valence-corrected chi connectivity index (χ4v) is 1.36. The van der Waals surface area contributed by atoms with Crippen LogP contribution in [-0.4, -0.2) is 15.8 Å². The third-order valence-corrected chi connectivity index (χ3v) is 2.43. The van der Waals surface area contributed by atoms with Gasteiger partial charge in [-0.2, -0.15) is 0 Å². The maximum absolute atomic E-state index is 11.3. The number of carbonyl (C=O) groups excluding carboxylic acids is 1. The number of nitro groups is 1. The molecule has 17 heavy (non-hydrogen) atoms. The van der Waals surface area contributed by atoms with Crippen molar-refractivity contribution >= 4 is 11.5 Å². The molecule has 1 rings (SSSR count). The summed E-state index contributed by atoms with van der Waals surface area (Å²) >= 11 is 0. The third kappa shape index (κ3) is 2.98. The van der Waals surface area contributed by atoms with Crippen molar-refractivity contribution < 1.29 is 14.8 Å². The van der Waals surface area contributed by atoms with Gasteiger partial charge in [0.05, 0.1) is 4.92 Å². The second kappa shape index (κ2) is 5.36. The van der Waals surface area contributed by atoms with Gasteiger partial charge in [0, 0.05) is 24.1 Å². The molecule has 0 unspecified atom stereocenters. The minimum absolute atomic E-state index is 0.0617. The highest BCUT2D eigenvalue weighted by molar-refractivity contribution is 5.95. The van der Waals surface area contributed by atoms with Crippen LogP contribution in [0.4, 0.5) is 5.69 Å². The molecule has 0 aliphatic rings. The Balaban J connectivity index is 2.90. The minimum Gasteiger partial charge on any atom is -0.384 e. The summed E-state index contributed by atoms with van der Waals surface area (Å²) in [6, 6.07) is 5.39. The number of nitro benzene ring substituents is 1. The van der Waals surface area contributed by atoms with E-state index in [-0.39, 0.29) is 23.5 Å². The molecule has 5 nitrogen and oxygen atoms in total. The molecule has 0 aliphatic heterocycles. The fraction of sp³-hybridized carbons (Fsp3) is 0.250. The van der Waals surface area contributed by atoms with E-state index in [1.807, 2.05) is 0 Å². The van der Waals surface area contributed by atoms with Crippen LogP contribution < -0.4 is 0 Å².